The normalized spacial score (nSPS) is 37.4. The summed E-state index contributed by atoms with van der Waals surface area (Å²) in [5.74, 6) is 2.44. The van der Waals surface area contributed by atoms with E-state index < -0.39 is 0 Å². The molecule has 2 atom stereocenters. The molecule has 0 spiro atoms. The number of hydrogen-bond acceptors (Lipinski definition) is 1. The van der Waals surface area contributed by atoms with Crippen LogP contribution in [0.25, 0.3) is 0 Å². The van der Waals surface area contributed by atoms with Gasteiger partial charge in [-0.2, -0.15) is 0 Å². The summed E-state index contributed by atoms with van der Waals surface area (Å²) in [7, 11) is 0. The first-order valence-corrected chi connectivity index (χ1v) is 6.08. The van der Waals surface area contributed by atoms with E-state index in [1.54, 1.807) is 0 Å². The molecule has 0 bridgehead atoms. The Labute approximate surface area is 94.4 Å². The van der Waals surface area contributed by atoms with Crippen LogP contribution in [0, 0.1) is 16.7 Å². The molecule has 1 saturated heterocycles. The van der Waals surface area contributed by atoms with Crippen molar-refractivity contribution >= 4 is 6.92 Å². The minimum Gasteiger partial charge on any atom is -0.564 e. The molecule has 1 heterocycles. The van der Waals surface area contributed by atoms with Gasteiger partial charge in [-0.05, 0) is 35.8 Å². The smallest absolute Gasteiger partial charge is 0.358 e. The predicted molar refractivity (Wildman–Crippen MR) is 65.9 cm³/mol. The van der Waals surface area contributed by atoms with Crippen LogP contribution in [-0.4, -0.2) is 6.92 Å². The molecule has 2 fully saturated rings. The Morgan fingerprint density at radius 1 is 1.27 bits per heavy atom. The molecule has 0 N–H and O–H groups in total. The van der Waals surface area contributed by atoms with Gasteiger partial charge < -0.3 is 4.65 Å². The second-order valence-corrected chi connectivity index (χ2v) is 6.85. The quantitative estimate of drug-likeness (QED) is 0.544. The highest BCUT2D eigenvalue weighted by Gasteiger charge is 2.57. The van der Waals surface area contributed by atoms with Gasteiger partial charge in [0.2, 0.25) is 0 Å². The monoisotopic (exact) mass is 206 g/mol. The first-order valence-electron chi connectivity index (χ1n) is 6.08. The second-order valence-electron chi connectivity index (χ2n) is 6.85. The van der Waals surface area contributed by atoms with Crippen LogP contribution in [0.15, 0.2) is 12.3 Å². The molecular weight excluding hydrogens is 183 g/mol. The Morgan fingerprint density at radius 2 is 1.87 bits per heavy atom. The van der Waals surface area contributed by atoms with Crippen LogP contribution >= 0.6 is 0 Å². The van der Waals surface area contributed by atoms with Crippen molar-refractivity contribution in [2.24, 2.45) is 16.7 Å². The summed E-state index contributed by atoms with van der Waals surface area (Å²) in [6, 6.07) is 0. The fourth-order valence-corrected chi connectivity index (χ4v) is 4.45. The zero-order valence-corrected chi connectivity index (χ0v) is 10.8. The van der Waals surface area contributed by atoms with Gasteiger partial charge in [-0.15, -0.1) is 0 Å². The molecule has 0 aromatic heterocycles. The summed E-state index contributed by atoms with van der Waals surface area (Å²) in [4.78, 5) is 0. The summed E-state index contributed by atoms with van der Waals surface area (Å²) in [5.41, 5.74) is 0.851. The highest BCUT2D eigenvalue weighted by Crippen LogP contribution is 2.64. The van der Waals surface area contributed by atoms with E-state index in [-0.39, 0.29) is 0 Å². The van der Waals surface area contributed by atoms with Gasteiger partial charge in [-0.25, -0.2) is 0 Å². The van der Waals surface area contributed by atoms with Crippen molar-refractivity contribution in [1.29, 1.82) is 0 Å². The topological polar surface area (TPSA) is 9.23 Å². The molecule has 84 valence electrons. The van der Waals surface area contributed by atoms with Crippen molar-refractivity contribution in [3.8, 4) is 0 Å². The first kappa shape index (κ1) is 11.1. The fraction of sp³-hybridized carbons (Fsp3) is 0.846. The first-order chi connectivity index (χ1) is 6.74. The molecule has 1 saturated carbocycles. The lowest BCUT2D eigenvalue weighted by atomic mass is 9.46. The maximum Gasteiger partial charge on any atom is 0.358 e. The van der Waals surface area contributed by atoms with E-state index >= 15 is 0 Å². The SMILES string of the molecule is C=C1CC2C(B(C)O1)C(C)(C)CC2(C)C. The minimum absolute atomic E-state index is 0.341. The summed E-state index contributed by atoms with van der Waals surface area (Å²) in [5, 5.41) is 0. The summed E-state index contributed by atoms with van der Waals surface area (Å²) in [6.45, 7) is 16.2. The van der Waals surface area contributed by atoms with E-state index in [0.29, 0.717) is 23.6 Å². The Morgan fingerprint density at radius 3 is 2.47 bits per heavy atom. The zero-order chi connectivity index (χ0) is 11.4. The number of allylic oxidation sites excluding steroid dienone is 1. The van der Waals surface area contributed by atoms with E-state index in [1.165, 1.54) is 6.42 Å². The third-order valence-electron chi connectivity index (χ3n) is 4.56. The number of rotatable bonds is 0. The van der Waals surface area contributed by atoms with Gasteiger partial charge in [-0.3, -0.25) is 0 Å². The average molecular weight is 206 g/mol. The van der Waals surface area contributed by atoms with Crippen molar-refractivity contribution < 1.29 is 4.65 Å². The molecular formula is C13H23BO. The van der Waals surface area contributed by atoms with Crippen molar-refractivity contribution in [3.63, 3.8) is 0 Å². The van der Waals surface area contributed by atoms with Crippen molar-refractivity contribution in [1.82, 2.24) is 0 Å². The molecule has 2 rings (SSSR count). The van der Waals surface area contributed by atoms with Crippen LogP contribution in [0.3, 0.4) is 0 Å². The van der Waals surface area contributed by atoms with E-state index in [1.807, 2.05) is 0 Å². The summed E-state index contributed by atoms with van der Waals surface area (Å²) in [6.07, 6.45) is 2.36. The van der Waals surface area contributed by atoms with E-state index in [2.05, 4.69) is 41.1 Å². The third kappa shape index (κ3) is 1.62. The van der Waals surface area contributed by atoms with Crippen LogP contribution in [0.1, 0.15) is 40.5 Å². The molecule has 0 amide bonds. The number of hydrogen-bond donors (Lipinski definition) is 0. The third-order valence-corrected chi connectivity index (χ3v) is 4.56. The fourth-order valence-electron chi connectivity index (χ4n) is 4.45. The van der Waals surface area contributed by atoms with Crippen LogP contribution < -0.4 is 0 Å². The lowest BCUT2D eigenvalue weighted by molar-refractivity contribution is 0.206. The van der Waals surface area contributed by atoms with Gasteiger partial charge in [0.1, 0.15) is 0 Å². The molecule has 0 radical (unpaired) electrons. The van der Waals surface area contributed by atoms with Gasteiger partial charge in [0, 0.05) is 6.42 Å². The average Bonchev–Trinajstić information content (AvgIpc) is 2.15. The van der Waals surface area contributed by atoms with Crippen molar-refractivity contribution in [2.75, 3.05) is 0 Å². The summed E-state index contributed by atoms with van der Waals surface area (Å²) >= 11 is 0. The van der Waals surface area contributed by atoms with Crippen molar-refractivity contribution in [2.45, 2.75) is 53.2 Å². The molecule has 2 heteroatoms. The second kappa shape index (κ2) is 3.05. The van der Waals surface area contributed by atoms with E-state index in [4.69, 9.17) is 4.65 Å². The molecule has 1 aliphatic heterocycles. The largest absolute Gasteiger partial charge is 0.564 e. The molecule has 0 aromatic carbocycles. The maximum atomic E-state index is 5.83. The summed E-state index contributed by atoms with van der Waals surface area (Å²) < 4.78 is 5.83. The molecule has 15 heavy (non-hydrogen) atoms. The van der Waals surface area contributed by atoms with E-state index in [9.17, 15) is 0 Å². The van der Waals surface area contributed by atoms with Crippen LogP contribution in [0.5, 0.6) is 0 Å². The molecule has 1 nitrogen and oxygen atoms in total. The van der Waals surface area contributed by atoms with Crippen molar-refractivity contribution in [3.05, 3.63) is 12.3 Å². The van der Waals surface area contributed by atoms with Crippen LogP contribution in [0.4, 0.5) is 0 Å². The standard InChI is InChI=1S/C13H23BO/c1-9-7-10-11(14(6)15-9)13(4,5)8-12(10,2)3/h10-11H,1,7-8H2,2-6H3. The van der Waals surface area contributed by atoms with Gasteiger partial charge in [0.15, 0.2) is 0 Å². The zero-order valence-electron chi connectivity index (χ0n) is 10.8. The Kier molecular flexibility index (Phi) is 2.26. The van der Waals surface area contributed by atoms with Gasteiger partial charge >= 0.3 is 6.92 Å². The Balaban J connectivity index is 2.35. The molecule has 1 aliphatic carbocycles. The van der Waals surface area contributed by atoms with Crippen LogP contribution in [-0.2, 0) is 4.65 Å². The molecule has 2 unspecified atom stereocenters. The highest BCUT2D eigenvalue weighted by molar-refractivity contribution is 6.53. The lowest BCUT2D eigenvalue weighted by Gasteiger charge is -2.40. The Bertz CT molecular complexity index is 293. The van der Waals surface area contributed by atoms with Gasteiger partial charge in [-0.1, -0.05) is 34.3 Å². The minimum atomic E-state index is 0.341. The van der Waals surface area contributed by atoms with E-state index in [0.717, 1.165) is 18.1 Å². The number of fused-ring (bicyclic) bond motifs is 1. The molecule has 0 aromatic rings. The van der Waals surface area contributed by atoms with Gasteiger partial charge in [0.05, 0.1) is 5.76 Å². The predicted octanol–water partition coefficient (Wildman–Crippen LogP) is 3.98. The van der Waals surface area contributed by atoms with Crippen LogP contribution in [0.2, 0.25) is 12.6 Å². The van der Waals surface area contributed by atoms with Gasteiger partial charge in [0.25, 0.3) is 0 Å². The molecule has 2 aliphatic rings. The maximum absolute atomic E-state index is 5.83. The lowest BCUT2D eigenvalue weighted by Crippen LogP contribution is -2.37. The highest BCUT2D eigenvalue weighted by atomic mass is 16.4. The Hall–Kier alpha value is -0.395.